The molecule has 1 aliphatic carbocycles. The van der Waals surface area contributed by atoms with E-state index in [1.807, 2.05) is 0 Å². The van der Waals surface area contributed by atoms with Gasteiger partial charge in [-0.3, -0.25) is 0 Å². The molecule has 1 aliphatic rings. The molecule has 0 radical (unpaired) electrons. The Morgan fingerprint density at radius 1 is 1.21 bits per heavy atom. The first-order valence-electron chi connectivity index (χ1n) is 8.04. The first kappa shape index (κ1) is 14.6. The molecule has 0 heterocycles. The summed E-state index contributed by atoms with van der Waals surface area (Å²) in [5.41, 5.74) is 3.06. The molecule has 1 aromatic rings. The summed E-state index contributed by atoms with van der Waals surface area (Å²) in [4.78, 5) is 0. The molecule has 1 saturated carbocycles. The standard InChI is InChI=1S/C18H29N/c1-4-19-18(12-11-14(2)3)17-10-6-9-16(13-17)15-7-5-8-15/h6,9-10,13-15,18-19H,4-5,7-8,11-12H2,1-3H3. The molecule has 0 aliphatic heterocycles. The van der Waals surface area contributed by atoms with Crippen LogP contribution in [0.25, 0.3) is 0 Å². The van der Waals surface area contributed by atoms with Crippen LogP contribution in [-0.2, 0) is 0 Å². The van der Waals surface area contributed by atoms with Crippen LogP contribution in [0.5, 0.6) is 0 Å². The minimum absolute atomic E-state index is 0.535. The Hall–Kier alpha value is -0.820. The number of hydrogen-bond donors (Lipinski definition) is 1. The molecule has 1 nitrogen and oxygen atoms in total. The van der Waals surface area contributed by atoms with Crippen molar-refractivity contribution in [3.05, 3.63) is 35.4 Å². The van der Waals surface area contributed by atoms with E-state index >= 15 is 0 Å². The van der Waals surface area contributed by atoms with Crippen LogP contribution in [-0.4, -0.2) is 6.54 Å². The van der Waals surface area contributed by atoms with Gasteiger partial charge >= 0.3 is 0 Å². The molecule has 19 heavy (non-hydrogen) atoms. The van der Waals surface area contributed by atoms with E-state index in [1.165, 1.54) is 37.7 Å². The summed E-state index contributed by atoms with van der Waals surface area (Å²) in [6.45, 7) is 7.89. The predicted molar refractivity (Wildman–Crippen MR) is 83.5 cm³/mol. The fraction of sp³-hybridized carbons (Fsp3) is 0.667. The Balaban J connectivity index is 2.06. The molecule has 1 N–H and O–H groups in total. The third-order valence-corrected chi connectivity index (χ3v) is 4.37. The maximum Gasteiger partial charge on any atom is 0.0320 e. The summed E-state index contributed by atoms with van der Waals surface area (Å²) < 4.78 is 0. The molecule has 1 atom stereocenters. The normalized spacial score (nSPS) is 17.5. The summed E-state index contributed by atoms with van der Waals surface area (Å²) in [5, 5.41) is 3.66. The van der Waals surface area contributed by atoms with Crippen molar-refractivity contribution in [1.82, 2.24) is 5.32 Å². The molecule has 1 heteroatoms. The highest BCUT2D eigenvalue weighted by molar-refractivity contribution is 5.29. The van der Waals surface area contributed by atoms with Gasteiger partial charge in [-0.2, -0.15) is 0 Å². The van der Waals surface area contributed by atoms with E-state index in [2.05, 4.69) is 50.4 Å². The van der Waals surface area contributed by atoms with Gasteiger partial charge in [0, 0.05) is 6.04 Å². The zero-order valence-electron chi connectivity index (χ0n) is 12.8. The summed E-state index contributed by atoms with van der Waals surface area (Å²) in [5.74, 6) is 1.63. The Labute approximate surface area is 118 Å². The predicted octanol–water partition coefficient (Wildman–Crippen LogP) is 5.04. The van der Waals surface area contributed by atoms with E-state index in [0.29, 0.717) is 6.04 Å². The third-order valence-electron chi connectivity index (χ3n) is 4.37. The van der Waals surface area contributed by atoms with Gasteiger partial charge < -0.3 is 5.32 Å². The zero-order chi connectivity index (χ0) is 13.7. The monoisotopic (exact) mass is 259 g/mol. The molecule has 1 unspecified atom stereocenters. The minimum atomic E-state index is 0.535. The molecule has 0 saturated heterocycles. The summed E-state index contributed by atoms with van der Waals surface area (Å²) in [6, 6.07) is 9.86. The van der Waals surface area contributed by atoms with Gasteiger partial charge in [0.05, 0.1) is 0 Å². The number of benzene rings is 1. The molecule has 1 fully saturated rings. The van der Waals surface area contributed by atoms with Crippen LogP contribution >= 0.6 is 0 Å². The van der Waals surface area contributed by atoms with E-state index in [1.54, 1.807) is 5.56 Å². The lowest BCUT2D eigenvalue weighted by Crippen LogP contribution is -2.21. The molecular formula is C18H29N. The van der Waals surface area contributed by atoms with Gasteiger partial charge in [-0.1, -0.05) is 51.5 Å². The van der Waals surface area contributed by atoms with E-state index in [0.717, 1.165) is 18.4 Å². The van der Waals surface area contributed by atoms with Gasteiger partial charge in [0.25, 0.3) is 0 Å². The fourth-order valence-electron chi connectivity index (χ4n) is 2.90. The molecule has 0 amide bonds. The van der Waals surface area contributed by atoms with Crippen molar-refractivity contribution in [2.75, 3.05) is 6.54 Å². The second-order valence-corrected chi connectivity index (χ2v) is 6.38. The van der Waals surface area contributed by atoms with Crippen LogP contribution in [0.2, 0.25) is 0 Å². The van der Waals surface area contributed by atoms with Crippen molar-refractivity contribution in [2.45, 2.75) is 64.8 Å². The van der Waals surface area contributed by atoms with Gasteiger partial charge in [0.1, 0.15) is 0 Å². The van der Waals surface area contributed by atoms with Crippen molar-refractivity contribution < 1.29 is 0 Å². The molecule has 1 aromatic carbocycles. The maximum atomic E-state index is 3.66. The molecule has 106 valence electrons. The first-order chi connectivity index (χ1) is 9.20. The Morgan fingerprint density at radius 2 is 2.00 bits per heavy atom. The molecule has 0 spiro atoms. The van der Waals surface area contributed by atoms with Crippen LogP contribution in [0.3, 0.4) is 0 Å². The maximum absolute atomic E-state index is 3.66. The Kier molecular flexibility index (Phi) is 5.45. The van der Waals surface area contributed by atoms with Crippen LogP contribution in [0, 0.1) is 5.92 Å². The van der Waals surface area contributed by atoms with Crippen molar-refractivity contribution in [2.24, 2.45) is 5.92 Å². The van der Waals surface area contributed by atoms with Gasteiger partial charge in [0.2, 0.25) is 0 Å². The quantitative estimate of drug-likeness (QED) is 0.723. The minimum Gasteiger partial charge on any atom is -0.310 e. The number of hydrogen-bond acceptors (Lipinski definition) is 1. The highest BCUT2D eigenvalue weighted by Gasteiger charge is 2.20. The first-order valence-corrected chi connectivity index (χ1v) is 8.04. The third kappa shape index (κ3) is 4.07. The van der Waals surface area contributed by atoms with Crippen LogP contribution in [0.4, 0.5) is 0 Å². The lowest BCUT2D eigenvalue weighted by atomic mass is 9.79. The Morgan fingerprint density at radius 3 is 2.58 bits per heavy atom. The second-order valence-electron chi connectivity index (χ2n) is 6.38. The summed E-state index contributed by atoms with van der Waals surface area (Å²) in [6.07, 6.45) is 6.74. The van der Waals surface area contributed by atoms with E-state index < -0.39 is 0 Å². The van der Waals surface area contributed by atoms with Crippen molar-refractivity contribution in [3.63, 3.8) is 0 Å². The van der Waals surface area contributed by atoms with Crippen molar-refractivity contribution in [1.29, 1.82) is 0 Å². The van der Waals surface area contributed by atoms with Gasteiger partial charge in [0.15, 0.2) is 0 Å². The highest BCUT2D eigenvalue weighted by atomic mass is 14.9. The largest absolute Gasteiger partial charge is 0.310 e. The van der Waals surface area contributed by atoms with Gasteiger partial charge in [-0.05, 0) is 55.2 Å². The average molecular weight is 259 g/mol. The molecule has 0 bridgehead atoms. The highest BCUT2D eigenvalue weighted by Crippen LogP contribution is 2.37. The summed E-state index contributed by atoms with van der Waals surface area (Å²) >= 11 is 0. The van der Waals surface area contributed by atoms with Crippen LogP contribution in [0.15, 0.2) is 24.3 Å². The van der Waals surface area contributed by atoms with E-state index in [9.17, 15) is 0 Å². The lowest BCUT2D eigenvalue weighted by molar-refractivity contribution is 0.417. The molecule has 2 rings (SSSR count). The smallest absolute Gasteiger partial charge is 0.0320 e. The van der Waals surface area contributed by atoms with Gasteiger partial charge in [-0.15, -0.1) is 0 Å². The van der Waals surface area contributed by atoms with Crippen molar-refractivity contribution >= 4 is 0 Å². The second kappa shape index (κ2) is 7.09. The topological polar surface area (TPSA) is 12.0 Å². The Bertz CT molecular complexity index is 379. The number of nitrogens with one attached hydrogen (secondary N) is 1. The lowest BCUT2D eigenvalue weighted by Gasteiger charge is -2.27. The number of rotatable bonds is 7. The summed E-state index contributed by atoms with van der Waals surface area (Å²) in [7, 11) is 0. The van der Waals surface area contributed by atoms with E-state index in [-0.39, 0.29) is 0 Å². The molecular weight excluding hydrogens is 230 g/mol. The van der Waals surface area contributed by atoms with Crippen LogP contribution in [0.1, 0.15) is 76.0 Å². The average Bonchev–Trinajstić information content (AvgIpc) is 2.32. The fourth-order valence-corrected chi connectivity index (χ4v) is 2.90. The van der Waals surface area contributed by atoms with Crippen molar-refractivity contribution in [3.8, 4) is 0 Å². The molecule has 0 aromatic heterocycles. The van der Waals surface area contributed by atoms with E-state index in [4.69, 9.17) is 0 Å². The van der Waals surface area contributed by atoms with Crippen LogP contribution < -0.4 is 5.32 Å². The van der Waals surface area contributed by atoms with Gasteiger partial charge in [-0.25, -0.2) is 0 Å². The zero-order valence-corrected chi connectivity index (χ0v) is 12.8. The SMILES string of the molecule is CCNC(CCC(C)C)c1cccc(C2CCC2)c1.